The zero-order chi connectivity index (χ0) is 15.5. The highest BCUT2D eigenvalue weighted by molar-refractivity contribution is 7.92. The second-order valence-electron chi connectivity index (χ2n) is 5.37. The molecule has 1 aromatic rings. The Hall–Kier alpha value is -1.56. The number of sulfonamides is 1. The van der Waals surface area contributed by atoms with Gasteiger partial charge in [-0.15, -0.1) is 0 Å². The van der Waals surface area contributed by atoms with Crippen molar-refractivity contribution in [1.29, 1.82) is 0 Å². The number of anilines is 1. The fraction of sp³-hybridized carbons (Fsp3) is 0.533. The molecule has 0 radical (unpaired) electrons. The van der Waals surface area contributed by atoms with Gasteiger partial charge in [0, 0.05) is 19.0 Å². The van der Waals surface area contributed by atoms with Crippen molar-refractivity contribution in [3.63, 3.8) is 0 Å². The first kappa shape index (κ1) is 15.8. The molecule has 5 nitrogen and oxygen atoms in total. The average molecular weight is 310 g/mol. The maximum atomic E-state index is 12.4. The van der Waals surface area contributed by atoms with E-state index in [1.54, 1.807) is 0 Å². The van der Waals surface area contributed by atoms with Gasteiger partial charge >= 0.3 is 0 Å². The Kier molecular flexibility index (Phi) is 4.88. The van der Waals surface area contributed by atoms with E-state index in [9.17, 15) is 13.2 Å². The van der Waals surface area contributed by atoms with Crippen molar-refractivity contribution in [3.8, 4) is 0 Å². The number of carbonyl (C=O) groups excluding carboxylic acids is 1. The fourth-order valence-corrected chi connectivity index (χ4v) is 3.80. The second kappa shape index (κ2) is 6.47. The predicted molar refractivity (Wildman–Crippen MR) is 83.7 cm³/mol. The SMILES string of the molecule is CCC(C)C(=O)NCCS(=O)(=O)N1CCc2ccccc21. The molecule has 1 aliphatic heterocycles. The molecule has 1 N–H and O–H groups in total. The zero-order valence-corrected chi connectivity index (χ0v) is 13.3. The molecule has 1 unspecified atom stereocenters. The predicted octanol–water partition coefficient (Wildman–Crippen LogP) is 1.54. The molecular formula is C15H22N2O3S. The van der Waals surface area contributed by atoms with E-state index in [2.05, 4.69) is 5.32 Å². The van der Waals surface area contributed by atoms with Crippen LogP contribution in [0.2, 0.25) is 0 Å². The molecule has 0 fully saturated rings. The third-order valence-electron chi connectivity index (χ3n) is 3.90. The highest BCUT2D eigenvalue weighted by atomic mass is 32.2. The van der Waals surface area contributed by atoms with Gasteiger partial charge in [-0.05, 0) is 24.5 Å². The van der Waals surface area contributed by atoms with Crippen molar-refractivity contribution < 1.29 is 13.2 Å². The molecule has 1 amide bonds. The monoisotopic (exact) mass is 310 g/mol. The van der Waals surface area contributed by atoms with Gasteiger partial charge in [-0.2, -0.15) is 0 Å². The molecule has 0 aliphatic carbocycles. The molecule has 6 heteroatoms. The van der Waals surface area contributed by atoms with Gasteiger partial charge in [0.2, 0.25) is 15.9 Å². The van der Waals surface area contributed by atoms with E-state index in [0.717, 1.165) is 24.1 Å². The lowest BCUT2D eigenvalue weighted by Gasteiger charge is -2.20. The minimum Gasteiger partial charge on any atom is -0.355 e. The summed E-state index contributed by atoms with van der Waals surface area (Å²) in [6.45, 7) is 4.41. The zero-order valence-electron chi connectivity index (χ0n) is 12.5. The molecule has 1 atom stereocenters. The van der Waals surface area contributed by atoms with Crippen molar-refractivity contribution in [2.45, 2.75) is 26.7 Å². The lowest BCUT2D eigenvalue weighted by Crippen LogP contribution is -2.38. The lowest BCUT2D eigenvalue weighted by atomic mass is 10.1. The first-order chi connectivity index (χ1) is 9.95. The standard InChI is InChI=1S/C15H22N2O3S/c1-3-12(2)15(18)16-9-11-21(19,20)17-10-8-13-6-4-5-7-14(13)17/h4-7,12H,3,8-11H2,1-2H3,(H,16,18). The molecule has 2 rings (SSSR count). The van der Waals surface area contributed by atoms with Crippen LogP contribution in [0.4, 0.5) is 5.69 Å². The summed E-state index contributed by atoms with van der Waals surface area (Å²) in [5.41, 5.74) is 1.83. The van der Waals surface area contributed by atoms with Crippen LogP contribution in [-0.2, 0) is 21.2 Å². The average Bonchev–Trinajstić information content (AvgIpc) is 2.90. The maximum Gasteiger partial charge on any atom is 0.236 e. The minimum absolute atomic E-state index is 0.0660. The Bertz CT molecular complexity index is 613. The Morgan fingerprint density at radius 1 is 1.38 bits per heavy atom. The van der Waals surface area contributed by atoms with E-state index in [1.165, 1.54) is 4.31 Å². The Morgan fingerprint density at radius 2 is 2.10 bits per heavy atom. The van der Waals surface area contributed by atoms with Gasteiger partial charge in [-0.1, -0.05) is 32.0 Å². The molecule has 1 heterocycles. The van der Waals surface area contributed by atoms with Gasteiger partial charge in [-0.25, -0.2) is 8.42 Å². The van der Waals surface area contributed by atoms with Crippen LogP contribution in [0.3, 0.4) is 0 Å². The quantitative estimate of drug-likeness (QED) is 0.867. The Morgan fingerprint density at radius 3 is 2.81 bits per heavy atom. The van der Waals surface area contributed by atoms with Crippen LogP contribution < -0.4 is 9.62 Å². The number of amides is 1. The molecule has 0 saturated carbocycles. The number of benzene rings is 1. The topological polar surface area (TPSA) is 66.5 Å². The molecule has 116 valence electrons. The largest absolute Gasteiger partial charge is 0.355 e. The van der Waals surface area contributed by atoms with Crippen molar-refractivity contribution in [2.75, 3.05) is 23.1 Å². The summed E-state index contributed by atoms with van der Waals surface area (Å²) in [4.78, 5) is 11.7. The summed E-state index contributed by atoms with van der Waals surface area (Å²) >= 11 is 0. The lowest BCUT2D eigenvalue weighted by molar-refractivity contribution is -0.124. The number of hydrogen-bond donors (Lipinski definition) is 1. The number of para-hydroxylation sites is 1. The van der Waals surface area contributed by atoms with Gasteiger partial charge in [0.05, 0.1) is 11.4 Å². The molecular weight excluding hydrogens is 288 g/mol. The first-order valence-corrected chi connectivity index (χ1v) is 8.92. The fourth-order valence-electron chi connectivity index (χ4n) is 2.37. The van der Waals surface area contributed by atoms with Crippen molar-refractivity contribution >= 4 is 21.6 Å². The molecule has 1 aliphatic rings. The van der Waals surface area contributed by atoms with Gasteiger partial charge in [0.15, 0.2) is 0 Å². The summed E-state index contributed by atoms with van der Waals surface area (Å²) in [7, 11) is -3.38. The third kappa shape index (κ3) is 3.56. The highest BCUT2D eigenvalue weighted by Crippen LogP contribution is 2.29. The van der Waals surface area contributed by atoms with Gasteiger partial charge in [-0.3, -0.25) is 9.10 Å². The molecule has 0 spiro atoms. The van der Waals surface area contributed by atoms with E-state index in [4.69, 9.17) is 0 Å². The van der Waals surface area contributed by atoms with Crippen LogP contribution in [-0.4, -0.2) is 33.2 Å². The van der Waals surface area contributed by atoms with Gasteiger partial charge in [0.25, 0.3) is 0 Å². The summed E-state index contributed by atoms with van der Waals surface area (Å²) in [5, 5.41) is 2.69. The van der Waals surface area contributed by atoms with Gasteiger partial charge < -0.3 is 5.32 Å². The van der Waals surface area contributed by atoms with Crippen LogP contribution in [0, 0.1) is 5.92 Å². The third-order valence-corrected chi connectivity index (χ3v) is 5.67. The number of carbonyl (C=O) groups is 1. The highest BCUT2D eigenvalue weighted by Gasteiger charge is 2.28. The van der Waals surface area contributed by atoms with E-state index in [0.29, 0.717) is 6.54 Å². The summed E-state index contributed by atoms with van der Waals surface area (Å²) in [6, 6.07) is 7.55. The van der Waals surface area contributed by atoms with Crippen LogP contribution in [0.5, 0.6) is 0 Å². The number of hydrogen-bond acceptors (Lipinski definition) is 3. The maximum absolute atomic E-state index is 12.4. The molecule has 0 aromatic heterocycles. The van der Waals surface area contributed by atoms with Crippen molar-refractivity contribution in [3.05, 3.63) is 29.8 Å². The van der Waals surface area contributed by atoms with E-state index < -0.39 is 10.0 Å². The minimum atomic E-state index is -3.38. The molecule has 1 aromatic carbocycles. The normalized spacial score (nSPS) is 15.6. The van der Waals surface area contributed by atoms with E-state index in [-0.39, 0.29) is 24.1 Å². The Labute approximate surface area is 126 Å². The summed E-state index contributed by atoms with van der Waals surface area (Å²) in [5.74, 6) is -0.238. The number of nitrogens with zero attached hydrogens (tertiary/aromatic N) is 1. The summed E-state index contributed by atoms with van der Waals surface area (Å²) in [6.07, 6.45) is 1.49. The Balaban J connectivity index is 1.96. The molecule has 21 heavy (non-hydrogen) atoms. The summed E-state index contributed by atoms with van der Waals surface area (Å²) < 4.78 is 26.2. The molecule has 0 saturated heterocycles. The van der Waals surface area contributed by atoms with E-state index >= 15 is 0 Å². The van der Waals surface area contributed by atoms with Crippen LogP contribution in [0.1, 0.15) is 25.8 Å². The van der Waals surface area contributed by atoms with E-state index in [1.807, 2.05) is 38.1 Å². The van der Waals surface area contributed by atoms with Crippen LogP contribution in [0.15, 0.2) is 24.3 Å². The van der Waals surface area contributed by atoms with Gasteiger partial charge in [0.1, 0.15) is 0 Å². The molecule has 0 bridgehead atoms. The first-order valence-electron chi connectivity index (χ1n) is 7.31. The van der Waals surface area contributed by atoms with Crippen molar-refractivity contribution in [2.24, 2.45) is 5.92 Å². The van der Waals surface area contributed by atoms with Crippen LogP contribution in [0.25, 0.3) is 0 Å². The smallest absolute Gasteiger partial charge is 0.236 e. The van der Waals surface area contributed by atoms with Crippen LogP contribution >= 0.6 is 0 Å². The number of rotatable bonds is 6. The van der Waals surface area contributed by atoms with Crippen molar-refractivity contribution in [1.82, 2.24) is 5.32 Å². The number of nitrogens with one attached hydrogen (secondary N) is 1. The second-order valence-corrected chi connectivity index (χ2v) is 7.38. The number of fused-ring (bicyclic) bond motifs is 1.